The minimum atomic E-state index is 0.154. The van der Waals surface area contributed by atoms with E-state index < -0.39 is 0 Å². The molecule has 1 aliphatic rings. The molecule has 1 amide bonds. The largest absolute Gasteiger partial charge is 0.353 e. The van der Waals surface area contributed by atoms with Crippen molar-refractivity contribution < 1.29 is 4.79 Å². The highest BCUT2D eigenvalue weighted by molar-refractivity contribution is 7.99. The summed E-state index contributed by atoms with van der Waals surface area (Å²) < 4.78 is 0. The molecular weight excluding hydrogens is 278 g/mol. The van der Waals surface area contributed by atoms with Crippen molar-refractivity contribution in [1.82, 2.24) is 15.3 Å². The molecule has 100 valence electrons. The number of thiophene rings is 1. The van der Waals surface area contributed by atoms with Crippen LogP contribution >= 0.6 is 23.1 Å². The number of thioether (sulfide) groups is 1. The zero-order valence-electron chi connectivity index (χ0n) is 10.7. The van der Waals surface area contributed by atoms with E-state index in [9.17, 15) is 4.79 Å². The maximum Gasteiger partial charge on any atom is 0.221 e. The third kappa shape index (κ3) is 3.25. The number of amides is 1. The monoisotopic (exact) mass is 293 g/mol. The molecule has 19 heavy (non-hydrogen) atoms. The summed E-state index contributed by atoms with van der Waals surface area (Å²) >= 11 is 3.31. The van der Waals surface area contributed by atoms with Gasteiger partial charge in [-0.05, 0) is 25.8 Å². The Bertz CT molecular complexity index is 607. The summed E-state index contributed by atoms with van der Waals surface area (Å²) in [7, 11) is 0. The molecule has 1 aliphatic carbocycles. The summed E-state index contributed by atoms with van der Waals surface area (Å²) in [4.78, 5) is 22.4. The molecule has 2 heterocycles. The lowest BCUT2D eigenvalue weighted by Gasteiger charge is -2.03. The maximum absolute atomic E-state index is 11.6. The van der Waals surface area contributed by atoms with Gasteiger partial charge in [-0.15, -0.1) is 23.1 Å². The Hall–Kier alpha value is -1.14. The van der Waals surface area contributed by atoms with Gasteiger partial charge in [0.05, 0.1) is 0 Å². The number of carbonyl (C=O) groups excluding carboxylic acids is 1. The van der Waals surface area contributed by atoms with Crippen molar-refractivity contribution in [3.05, 3.63) is 17.3 Å². The second-order valence-electron chi connectivity index (χ2n) is 4.69. The van der Waals surface area contributed by atoms with Crippen molar-refractivity contribution in [3.63, 3.8) is 0 Å². The van der Waals surface area contributed by atoms with Gasteiger partial charge in [-0.3, -0.25) is 4.79 Å². The Morgan fingerprint density at radius 1 is 1.53 bits per heavy atom. The van der Waals surface area contributed by atoms with Crippen LogP contribution in [0.25, 0.3) is 10.2 Å². The van der Waals surface area contributed by atoms with E-state index in [1.807, 2.05) is 0 Å². The van der Waals surface area contributed by atoms with Gasteiger partial charge >= 0.3 is 0 Å². The molecule has 2 aromatic rings. The number of nitrogens with one attached hydrogen (secondary N) is 1. The highest BCUT2D eigenvalue weighted by Gasteiger charge is 2.22. The molecule has 0 saturated heterocycles. The first kappa shape index (κ1) is 12.9. The zero-order chi connectivity index (χ0) is 13.2. The van der Waals surface area contributed by atoms with Crippen LogP contribution in [-0.2, 0) is 4.79 Å². The molecule has 1 saturated carbocycles. The summed E-state index contributed by atoms with van der Waals surface area (Å²) in [5.41, 5.74) is 0. The van der Waals surface area contributed by atoms with Crippen LogP contribution in [0.5, 0.6) is 0 Å². The standard InChI is InChI=1S/C13H15N3OS2/c1-8-6-10-12(14-7-15-13(10)19-8)18-5-4-11(17)16-9-2-3-9/h6-7,9H,2-5H2,1H3,(H,16,17). The lowest BCUT2D eigenvalue weighted by atomic mass is 10.4. The van der Waals surface area contributed by atoms with E-state index in [1.165, 1.54) is 4.88 Å². The number of aromatic nitrogens is 2. The van der Waals surface area contributed by atoms with Crippen LogP contribution in [0.2, 0.25) is 0 Å². The molecule has 0 spiro atoms. The molecule has 0 aromatic carbocycles. The van der Waals surface area contributed by atoms with E-state index in [2.05, 4.69) is 28.3 Å². The van der Waals surface area contributed by atoms with E-state index >= 15 is 0 Å². The normalized spacial score (nSPS) is 14.8. The van der Waals surface area contributed by atoms with Gasteiger partial charge in [0.25, 0.3) is 0 Å². The van der Waals surface area contributed by atoms with Gasteiger partial charge < -0.3 is 5.32 Å². The van der Waals surface area contributed by atoms with Crippen LogP contribution in [0.4, 0.5) is 0 Å². The van der Waals surface area contributed by atoms with Crippen LogP contribution in [0.15, 0.2) is 17.4 Å². The predicted octanol–water partition coefficient (Wildman–Crippen LogP) is 2.76. The molecule has 1 N–H and O–H groups in total. The zero-order valence-corrected chi connectivity index (χ0v) is 12.3. The second kappa shape index (κ2) is 5.46. The lowest BCUT2D eigenvalue weighted by molar-refractivity contribution is -0.120. The Kier molecular flexibility index (Phi) is 3.70. The van der Waals surface area contributed by atoms with Gasteiger partial charge in [0, 0.05) is 28.5 Å². The molecule has 1 fully saturated rings. The van der Waals surface area contributed by atoms with Crippen molar-refractivity contribution in [2.75, 3.05) is 5.75 Å². The van der Waals surface area contributed by atoms with Gasteiger partial charge in [0.15, 0.2) is 0 Å². The van der Waals surface area contributed by atoms with Crippen LogP contribution in [0.3, 0.4) is 0 Å². The van der Waals surface area contributed by atoms with Gasteiger partial charge in [-0.2, -0.15) is 0 Å². The first-order chi connectivity index (χ1) is 9.22. The first-order valence-electron chi connectivity index (χ1n) is 6.35. The molecule has 0 radical (unpaired) electrons. The molecular formula is C13H15N3OS2. The molecule has 0 bridgehead atoms. The van der Waals surface area contributed by atoms with Crippen molar-refractivity contribution in [1.29, 1.82) is 0 Å². The van der Waals surface area contributed by atoms with Crippen LogP contribution in [-0.4, -0.2) is 27.7 Å². The summed E-state index contributed by atoms with van der Waals surface area (Å²) in [5.74, 6) is 0.918. The minimum absolute atomic E-state index is 0.154. The maximum atomic E-state index is 11.6. The molecule has 0 aliphatic heterocycles. The number of hydrogen-bond donors (Lipinski definition) is 1. The molecule has 2 aromatic heterocycles. The fourth-order valence-electron chi connectivity index (χ4n) is 1.84. The summed E-state index contributed by atoms with van der Waals surface area (Å²) in [6.07, 6.45) is 4.43. The third-order valence-electron chi connectivity index (χ3n) is 2.93. The summed E-state index contributed by atoms with van der Waals surface area (Å²) in [5, 5.41) is 5.09. The van der Waals surface area contributed by atoms with Crippen LogP contribution in [0, 0.1) is 6.92 Å². The van der Waals surface area contributed by atoms with Gasteiger partial charge in [-0.1, -0.05) is 0 Å². The number of rotatable bonds is 5. The van der Waals surface area contributed by atoms with Crippen LogP contribution < -0.4 is 5.32 Å². The third-order valence-corrected chi connectivity index (χ3v) is 4.89. The fraction of sp³-hybridized carbons (Fsp3) is 0.462. The SMILES string of the molecule is Cc1cc2c(SCCC(=O)NC3CC3)ncnc2s1. The van der Waals surface area contributed by atoms with E-state index in [4.69, 9.17) is 0 Å². The lowest BCUT2D eigenvalue weighted by Crippen LogP contribution is -2.25. The fourth-order valence-corrected chi connectivity index (χ4v) is 3.66. The van der Waals surface area contributed by atoms with Crippen molar-refractivity contribution in [2.24, 2.45) is 0 Å². The second-order valence-corrected chi connectivity index (χ2v) is 7.01. The number of fused-ring (bicyclic) bond motifs is 1. The molecule has 6 heteroatoms. The smallest absolute Gasteiger partial charge is 0.221 e. The number of carbonyl (C=O) groups is 1. The Morgan fingerprint density at radius 2 is 2.37 bits per heavy atom. The van der Waals surface area contributed by atoms with Gasteiger partial charge in [0.2, 0.25) is 5.91 Å². The highest BCUT2D eigenvalue weighted by atomic mass is 32.2. The van der Waals surface area contributed by atoms with Crippen molar-refractivity contribution >= 4 is 39.2 Å². The van der Waals surface area contributed by atoms with E-state index in [1.54, 1.807) is 29.4 Å². The quantitative estimate of drug-likeness (QED) is 0.680. The number of nitrogens with zero attached hydrogens (tertiary/aromatic N) is 2. The summed E-state index contributed by atoms with van der Waals surface area (Å²) in [6, 6.07) is 2.56. The molecule has 0 unspecified atom stereocenters. The topological polar surface area (TPSA) is 54.9 Å². The van der Waals surface area contributed by atoms with E-state index in [0.29, 0.717) is 12.5 Å². The molecule has 3 rings (SSSR count). The predicted molar refractivity (Wildman–Crippen MR) is 78.7 cm³/mol. The highest BCUT2D eigenvalue weighted by Crippen LogP contribution is 2.30. The number of hydrogen-bond acceptors (Lipinski definition) is 5. The average Bonchev–Trinajstić information content (AvgIpc) is 3.08. The van der Waals surface area contributed by atoms with Crippen LogP contribution in [0.1, 0.15) is 24.1 Å². The van der Waals surface area contributed by atoms with Crippen molar-refractivity contribution in [3.8, 4) is 0 Å². The Balaban J connectivity index is 1.59. The van der Waals surface area contributed by atoms with E-state index in [0.717, 1.165) is 33.8 Å². The Labute approximate surface area is 120 Å². The average molecular weight is 293 g/mol. The van der Waals surface area contributed by atoms with E-state index in [-0.39, 0.29) is 5.91 Å². The van der Waals surface area contributed by atoms with Gasteiger partial charge in [0.1, 0.15) is 16.2 Å². The first-order valence-corrected chi connectivity index (χ1v) is 8.16. The van der Waals surface area contributed by atoms with Gasteiger partial charge in [-0.25, -0.2) is 9.97 Å². The molecule has 4 nitrogen and oxygen atoms in total. The molecule has 0 atom stereocenters. The Morgan fingerprint density at radius 3 is 3.16 bits per heavy atom. The number of aryl methyl sites for hydroxylation is 1. The summed E-state index contributed by atoms with van der Waals surface area (Å²) in [6.45, 7) is 2.07. The minimum Gasteiger partial charge on any atom is -0.353 e. The van der Waals surface area contributed by atoms with Crippen molar-refractivity contribution in [2.45, 2.75) is 37.3 Å².